The van der Waals surface area contributed by atoms with Gasteiger partial charge in [0, 0.05) is 27.9 Å². The predicted molar refractivity (Wildman–Crippen MR) is 84.9 cm³/mol. The molecule has 1 atom stereocenters. The summed E-state index contributed by atoms with van der Waals surface area (Å²) in [5.74, 6) is 0.831. The van der Waals surface area contributed by atoms with Gasteiger partial charge in [0.2, 0.25) is 0 Å². The van der Waals surface area contributed by atoms with Gasteiger partial charge in [0.05, 0.1) is 17.8 Å². The number of aromatic nitrogens is 1. The highest BCUT2D eigenvalue weighted by Crippen LogP contribution is 2.28. The molecule has 1 aromatic heterocycles. The van der Waals surface area contributed by atoms with E-state index in [0.717, 1.165) is 23.4 Å². The van der Waals surface area contributed by atoms with Crippen LogP contribution in [0, 0.1) is 6.92 Å². The number of thiazole rings is 1. The Morgan fingerprint density at radius 1 is 1.45 bits per heavy atom. The van der Waals surface area contributed by atoms with Crippen LogP contribution in [0.1, 0.15) is 23.1 Å². The lowest BCUT2D eigenvalue weighted by atomic mass is 10.1. The molecule has 0 aliphatic rings. The number of rotatable bonds is 6. The molecule has 1 aromatic carbocycles. The Kier molecular flexibility index (Phi) is 5.40. The van der Waals surface area contributed by atoms with E-state index in [1.165, 1.54) is 4.88 Å². The topological polar surface area (TPSA) is 48.1 Å². The maximum atomic E-state index is 6.23. The highest BCUT2D eigenvalue weighted by Gasteiger charge is 2.11. The van der Waals surface area contributed by atoms with Gasteiger partial charge in [-0.2, -0.15) is 0 Å². The van der Waals surface area contributed by atoms with E-state index in [9.17, 15) is 0 Å². The van der Waals surface area contributed by atoms with E-state index >= 15 is 0 Å². The second-order valence-corrected chi connectivity index (χ2v) is 6.20. The van der Waals surface area contributed by atoms with Crippen molar-refractivity contribution in [3.63, 3.8) is 0 Å². The molecule has 0 bridgehead atoms. The molecule has 2 aromatic rings. The van der Waals surface area contributed by atoms with Gasteiger partial charge in [0.25, 0.3) is 0 Å². The summed E-state index contributed by atoms with van der Waals surface area (Å²) >= 11 is 7.90. The number of hydrogen-bond donors (Lipinski definition) is 1. The Bertz CT molecular complexity index is 569. The van der Waals surface area contributed by atoms with Crippen LogP contribution < -0.4 is 10.5 Å². The number of aryl methyl sites for hydroxylation is 1. The number of nitrogens with zero attached hydrogens (tertiary/aromatic N) is 1. The minimum absolute atomic E-state index is 0.0565. The summed E-state index contributed by atoms with van der Waals surface area (Å²) in [5.41, 5.74) is 9.81. The first-order valence-electron chi connectivity index (χ1n) is 6.62. The molecule has 2 rings (SSSR count). The Morgan fingerprint density at radius 2 is 2.25 bits per heavy atom. The van der Waals surface area contributed by atoms with Crippen molar-refractivity contribution in [2.24, 2.45) is 5.73 Å². The average Bonchev–Trinajstić information content (AvgIpc) is 2.79. The summed E-state index contributed by atoms with van der Waals surface area (Å²) in [6.45, 7) is 4.61. The summed E-state index contributed by atoms with van der Waals surface area (Å²) < 4.78 is 5.89. The van der Waals surface area contributed by atoms with Gasteiger partial charge in [-0.1, -0.05) is 17.7 Å². The van der Waals surface area contributed by atoms with Crippen LogP contribution in [-0.2, 0) is 12.8 Å². The summed E-state index contributed by atoms with van der Waals surface area (Å²) in [7, 11) is 0. The van der Waals surface area contributed by atoms with Gasteiger partial charge in [-0.05, 0) is 32.4 Å². The SMILES string of the molecule is Cc1ncsc1CCOc1cccc(Cl)c1CC(C)N. The van der Waals surface area contributed by atoms with Crippen LogP contribution >= 0.6 is 22.9 Å². The molecule has 2 N–H and O–H groups in total. The molecule has 1 unspecified atom stereocenters. The smallest absolute Gasteiger partial charge is 0.124 e. The van der Waals surface area contributed by atoms with Crippen molar-refractivity contribution in [2.45, 2.75) is 32.7 Å². The zero-order chi connectivity index (χ0) is 14.5. The Morgan fingerprint density at radius 3 is 2.90 bits per heavy atom. The van der Waals surface area contributed by atoms with E-state index < -0.39 is 0 Å². The molecule has 3 nitrogen and oxygen atoms in total. The lowest BCUT2D eigenvalue weighted by Gasteiger charge is -2.14. The van der Waals surface area contributed by atoms with Crippen LogP contribution in [0.3, 0.4) is 0 Å². The quantitative estimate of drug-likeness (QED) is 0.886. The maximum absolute atomic E-state index is 6.23. The standard InChI is InChI=1S/C15H19ClN2OS/c1-10(17)8-12-13(16)4-3-5-14(12)19-7-6-15-11(2)18-9-20-15/h3-5,9-10H,6-8,17H2,1-2H3. The third-order valence-corrected chi connectivity index (χ3v) is 4.38. The van der Waals surface area contributed by atoms with Crippen LogP contribution in [0.15, 0.2) is 23.7 Å². The van der Waals surface area contributed by atoms with Crippen molar-refractivity contribution in [3.05, 3.63) is 44.9 Å². The highest BCUT2D eigenvalue weighted by molar-refractivity contribution is 7.09. The van der Waals surface area contributed by atoms with Crippen LogP contribution in [0.2, 0.25) is 5.02 Å². The lowest BCUT2D eigenvalue weighted by molar-refractivity contribution is 0.318. The Hall–Kier alpha value is -1.10. The molecule has 0 amide bonds. The van der Waals surface area contributed by atoms with Gasteiger partial charge in [0.15, 0.2) is 0 Å². The van der Waals surface area contributed by atoms with Gasteiger partial charge in [-0.3, -0.25) is 0 Å². The third kappa shape index (κ3) is 3.95. The third-order valence-electron chi connectivity index (χ3n) is 3.03. The zero-order valence-corrected chi connectivity index (χ0v) is 13.3. The van der Waals surface area contributed by atoms with Crippen molar-refractivity contribution < 1.29 is 4.74 Å². The van der Waals surface area contributed by atoms with Gasteiger partial charge in [0.1, 0.15) is 5.75 Å². The van der Waals surface area contributed by atoms with E-state index in [1.807, 2.05) is 37.6 Å². The number of hydrogen-bond acceptors (Lipinski definition) is 4. The Balaban J connectivity index is 2.02. The normalized spacial score (nSPS) is 12.4. The van der Waals surface area contributed by atoms with Crippen molar-refractivity contribution >= 4 is 22.9 Å². The van der Waals surface area contributed by atoms with Gasteiger partial charge < -0.3 is 10.5 Å². The molecular formula is C15H19ClN2OS. The molecule has 0 saturated carbocycles. The van der Waals surface area contributed by atoms with Crippen LogP contribution in [0.25, 0.3) is 0 Å². The average molecular weight is 311 g/mol. The second-order valence-electron chi connectivity index (χ2n) is 4.86. The zero-order valence-electron chi connectivity index (χ0n) is 11.7. The summed E-state index contributed by atoms with van der Waals surface area (Å²) in [4.78, 5) is 5.50. The van der Waals surface area contributed by atoms with E-state index in [0.29, 0.717) is 18.1 Å². The number of ether oxygens (including phenoxy) is 1. The molecule has 5 heteroatoms. The summed E-state index contributed by atoms with van der Waals surface area (Å²) in [6, 6.07) is 5.78. The first kappa shape index (κ1) is 15.3. The molecule has 0 aliphatic heterocycles. The van der Waals surface area contributed by atoms with Crippen LogP contribution in [0.5, 0.6) is 5.75 Å². The van der Waals surface area contributed by atoms with Gasteiger partial charge in [-0.25, -0.2) is 4.98 Å². The monoisotopic (exact) mass is 310 g/mol. The molecule has 0 fully saturated rings. The van der Waals surface area contributed by atoms with Crippen LogP contribution in [0.4, 0.5) is 0 Å². The highest BCUT2D eigenvalue weighted by atomic mass is 35.5. The van der Waals surface area contributed by atoms with Gasteiger partial charge >= 0.3 is 0 Å². The Labute approximate surface area is 128 Å². The van der Waals surface area contributed by atoms with Gasteiger partial charge in [-0.15, -0.1) is 11.3 Å². The number of benzene rings is 1. The molecular weight excluding hydrogens is 292 g/mol. The molecule has 0 saturated heterocycles. The molecule has 0 aliphatic carbocycles. The fourth-order valence-corrected chi connectivity index (χ4v) is 3.02. The van der Waals surface area contributed by atoms with E-state index in [-0.39, 0.29) is 6.04 Å². The summed E-state index contributed by atoms with van der Waals surface area (Å²) in [6.07, 6.45) is 1.58. The molecule has 0 radical (unpaired) electrons. The summed E-state index contributed by atoms with van der Waals surface area (Å²) in [5, 5.41) is 0.716. The van der Waals surface area contributed by atoms with E-state index in [4.69, 9.17) is 22.1 Å². The molecule has 0 spiro atoms. The lowest BCUT2D eigenvalue weighted by Crippen LogP contribution is -2.18. The molecule has 108 valence electrons. The van der Waals surface area contributed by atoms with Crippen molar-refractivity contribution in [1.29, 1.82) is 0 Å². The maximum Gasteiger partial charge on any atom is 0.124 e. The largest absolute Gasteiger partial charge is 0.493 e. The first-order chi connectivity index (χ1) is 9.58. The minimum Gasteiger partial charge on any atom is -0.493 e. The fraction of sp³-hybridized carbons (Fsp3) is 0.400. The van der Waals surface area contributed by atoms with Crippen molar-refractivity contribution in [2.75, 3.05) is 6.61 Å². The fourth-order valence-electron chi connectivity index (χ4n) is 2.01. The second kappa shape index (κ2) is 7.07. The van der Waals surface area contributed by atoms with Crippen molar-refractivity contribution in [1.82, 2.24) is 4.98 Å². The first-order valence-corrected chi connectivity index (χ1v) is 7.88. The number of halogens is 1. The van der Waals surface area contributed by atoms with E-state index in [1.54, 1.807) is 11.3 Å². The predicted octanol–water partition coefficient (Wildman–Crippen LogP) is 3.62. The number of nitrogens with two attached hydrogens (primary N) is 1. The van der Waals surface area contributed by atoms with E-state index in [2.05, 4.69) is 4.98 Å². The van der Waals surface area contributed by atoms with Crippen LogP contribution in [-0.4, -0.2) is 17.6 Å². The minimum atomic E-state index is 0.0565. The van der Waals surface area contributed by atoms with Crippen molar-refractivity contribution in [3.8, 4) is 5.75 Å². The molecule has 1 heterocycles. The molecule has 20 heavy (non-hydrogen) atoms.